The lowest BCUT2D eigenvalue weighted by Crippen LogP contribution is -2.44. The van der Waals surface area contributed by atoms with Crippen LogP contribution in [0.4, 0.5) is 5.82 Å². The van der Waals surface area contributed by atoms with Gasteiger partial charge in [0.25, 0.3) is 11.4 Å². The molecular formula is C23H22ClN7O2. The van der Waals surface area contributed by atoms with E-state index in [0.29, 0.717) is 11.2 Å². The molecule has 1 atom stereocenters. The van der Waals surface area contributed by atoms with Crippen LogP contribution in [0.2, 0.25) is 5.02 Å². The van der Waals surface area contributed by atoms with Crippen molar-refractivity contribution >= 4 is 28.6 Å². The molecule has 1 fully saturated rings. The Bertz CT molecular complexity index is 1410. The standard InChI is InChI=1S/C23H22ClN7O2/c24-17-15(5-8-26-21(17)32)33-22-18-20(29-30-22)28-16(12-27-18)31-9-6-23(7-10-31)11-13-3-1-2-4-14(13)19(23)25/h1-5,8,12,19H,6-7,9-11,25H2,(H,26,32)(H,28,29,30)/t19-/m1/s1. The van der Waals surface area contributed by atoms with Gasteiger partial charge in [-0.25, -0.2) is 9.97 Å². The fourth-order valence-electron chi connectivity index (χ4n) is 5.11. The van der Waals surface area contributed by atoms with E-state index in [1.165, 1.54) is 17.3 Å². The van der Waals surface area contributed by atoms with Crippen molar-refractivity contribution in [1.82, 2.24) is 25.1 Å². The summed E-state index contributed by atoms with van der Waals surface area (Å²) in [4.78, 5) is 25.7. The van der Waals surface area contributed by atoms with Crippen molar-refractivity contribution in [2.75, 3.05) is 18.0 Å². The molecule has 2 aliphatic rings. The zero-order valence-corrected chi connectivity index (χ0v) is 18.5. The number of nitrogens with two attached hydrogens (primary N) is 1. The zero-order valence-electron chi connectivity index (χ0n) is 17.7. The smallest absolute Gasteiger partial charge is 0.270 e. The molecule has 0 bridgehead atoms. The molecule has 0 unspecified atom stereocenters. The average molecular weight is 464 g/mol. The van der Waals surface area contributed by atoms with Gasteiger partial charge < -0.3 is 20.4 Å². The average Bonchev–Trinajstić information content (AvgIpc) is 3.36. The highest BCUT2D eigenvalue weighted by Crippen LogP contribution is 2.50. The summed E-state index contributed by atoms with van der Waals surface area (Å²) in [5.41, 5.74) is 10.0. The predicted molar refractivity (Wildman–Crippen MR) is 125 cm³/mol. The van der Waals surface area contributed by atoms with Gasteiger partial charge in [0, 0.05) is 25.3 Å². The number of hydrogen-bond donors (Lipinski definition) is 3. The SMILES string of the molecule is N[C@@H]1c2ccccc2CC12CCN(c1cnc3c(Oc4cc[nH]c(=O)c4Cl)n[nH]c3n1)CC2. The van der Waals surface area contributed by atoms with Crippen molar-refractivity contribution in [3.8, 4) is 11.6 Å². The van der Waals surface area contributed by atoms with Crippen LogP contribution in [-0.4, -0.2) is 38.2 Å². The van der Waals surface area contributed by atoms with Crippen LogP contribution in [0.25, 0.3) is 11.2 Å². The monoisotopic (exact) mass is 463 g/mol. The number of nitrogens with zero attached hydrogens (tertiary/aromatic N) is 4. The third kappa shape index (κ3) is 3.27. The van der Waals surface area contributed by atoms with Gasteiger partial charge in [0.15, 0.2) is 16.9 Å². The van der Waals surface area contributed by atoms with E-state index in [-0.39, 0.29) is 28.1 Å². The Hall–Kier alpha value is -3.43. The highest BCUT2D eigenvalue weighted by molar-refractivity contribution is 6.31. The van der Waals surface area contributed by atoms with Crippen LogP contribution in [0.15, 0.2) is 47.5 Å². The third-order valence-corrected chi connectivity index (χ3v) is 7.33. The maximum atomic E-state index is 11.7. The van der Waals surface area contributed by atoms with Crippen LogP contribution >= 0.6 is 11.6 Å². The molecule has 1 saturated heterocycles. The Balaban J connectivity index is 1.20. The number of fused-ring (bicyclic) bond motifs is 2. The molecule has 6 rings (SSSR count). The minimum Gasteiger partial charge on any atom is -0.434 e. The summed E-state index contributed by atoms with van der Waals surface area (Å²) >= 11 is 6.02. The quantitative estimate of drug-likeness (QED) is 0.425. The number of halogens is 1. The molecule has 1 aromatic carbocycles. The maximum absolute atomic E-state index is 11.7. The maximum Gasteiger partial charge on any atom is 0.270 e. The van der Waals surface area contributed by atoms with E-state index in [4.69, 9.17) is 27.1 Å². The highest BCUT2D eigenvalue weighted by Gasteiger charge is 2.45. The molecule has 168 valence electrons. The fraction of sp³-hybridized carbons (Fsp3) is 0.304. The number of hydrogen-bond acceptors (Lipinski definition) is 7. The minimum atomic E-state index is -0.435. The van der Waals surface area contributed by atoms with E-state index in [0.717, 1.165) is 38.2 Å². The summed E-state index contributed by atoms with van der Waals surface area (Å²) in [7, 11) is 0. The Kier molecular flexibility index (Phi) is 4.63. The van der Waals surface area contributed by atoms with E-state index >= 15 is 0 Å². The molecule has 4 heterocycles. The van der Waals surface area contributed by atoms with Gasteiger partial charge in [-0.1, -0.05) is 35.9 Å². The van der Waals surface area contributed by atoms with E-state index in [1.54, 1.807) is 12.3 Å². The van der Waals surface area contributed by atoms with Crippen molar-refractivity contribution in [3.63, 3.8) is 0 Å². The lowest BCUT2D eigenvalue weighted by atomic mass is 9.73. The summed E-state index contributed by atoms with van der Waals surface area (Å²) in [6, 6.07) is 10.2. The second-order valence-corrected chi connectivity index (χ2v) is 9.12. The van der Waals surface area contributed by atoms with Crippen molar-refractivity contribution in [2.24, 2.45) is 11.1 Å². The van der Waals surface area contributed by atoms with Crippen LogP contribution in [0, 0.1) is 5.41 Å². The molecule has 9 nitrogen and oxygen atoms in total. The van der Waals surface area contributed by atoms with Crippen LogP contribution in [0.5, 0.6) is 11.6 Å². The van der Waals surface area contributed by atoms with Crippen molar-refractivity contribution in [2.45, 2.75) is 25.3 Å². The first kappa shape index (κ1) is 20.2. The minimum absolute atomic E-state index is 0.0484. The molecule has 1 aliphatic heterocycles. The van der Waals surface area contributed by atoms with Crippen LogP contribution in [0.1, 0.15) is 30.0 Å². The number of nitrogens with one attached hydrogen (secondary N) is 2. The first-order valence-corrected chi connectivity index (χ1v) is 11.3. The van der Waals surface area contributed by atoms with E-state index in [2.05, 4.69) is 49.3 Å². The first-order valence-electron chi connectivity index (χ1n) is 10.9. The van der Waals surface area contributed by atoms with Gasteiger partial charge in [-0.3, -0.25) is 9.89 Å². The van der Waals surface area contributed by atoms with Crippen molar-refractivity contribution in [3.05, 3.63) is 69.2 Å². The Morgan fingerprint density at radius 3 is 2.85 bits per heavy atom. The molecule has 0 radical (unpaired) electrons. The molecule has 10 heteroatoms. The second kappa shape index (κ2) is 7.57. The molecular weight excluding hydrogens is 442 g/mol. The summed E-state index contributed by atoms with van der Waals surface area (Å²) < 4.78 is 5.71. The van der Waals surface area contributed by atoms with Gasteiger partial charge in [-0.05, 0) is 41.9 Å². The third-order valence-electron chi connectivity index (χ3n) is 6.97. The van der Waals surface area contributed by atoms with E-state index in [9.17, 15) is 4.79 Å². The van der Waals surface area contributed by atoms with Crippen molar-refractivity contribution < 1.29 is 4.74 Å². The van der Waals surface area contributed by atoms with E-state index in [1.807, 2.05) is 0 Å². The lowest BCUT2D eigenvalue weighted by molar-refractivity contribution is 0.187. The largest absolute Gasteiger partial charge is 0.434 e. The normalized spacial score (nSPS) is 19.2. The fourth-order valence-corrected chi connectivity index (χ4v) is 5.26. The number of benzene rings is 1. The van der Waals surface area contributed by atoms with Crippen LogP contribution in [0.3, 0.4) is 0 Å². The molecule has 0 saturated carbocycles. The molecule has 1 aliphatic carbocycles. The molecule has 33 heavy (non-hydrogen) atoms. The molecule has 4 N–H and O–H groups in total. The summed E-state index contributed by atoms with van der Waals surface area (Å²) in [5, 5.41) is 6.98. The predicted octanol–water partition coefficient (Wildman–Crippen LogP) is 3.33. The molecule has 4 aromatic rings. The van der Waals surface area contributed by atoms with Gasteiger partial charge in [0.1, 0.15) is 10.8 Å². The second-order valence-electron chi connectivity index (χ2n) is 8.74. The van der Waals surface area contributed by atoms with Gasteiger partial charge in [-0.15, -0.1) is 5.10 Å². The molecule has 0 amide bonds. The number of aromatic nitrogens is 5. The topological polar surface area (TPSA) is 126 Å². The number of anilines is 1. The number of aromatic amines is 2. The van der Waals surface area contributed by atoms with Crippen LogP contribution < -0.4 is 20.9 Å². The van der Waals surface area contributed by atoms with Gasteiger partial charge in [-0.2, -0.15) is 0 Å². The van der Waals surface area contributed by atoms with Gasteiger partial charge in [0.05, 0.1) is 6.20 Å². The Labute approximate surface area is 194 Å². The Morgan fingerprint density at radius 1 is 1.21 bits per heavy atom. The molecule has 1 spiro atoms. The summed E-state index contributed by atoms with van der Waals surface area (Å²) in [6.07, 6.45) is 6.22. The number of ether oxygens (including phenoxy) is 1. The van der Waals surface area contributed by atoms with Crippen LogP contribution in [-0.2, 0) is 6.42 Å². The number of pyridine rings is 1. The van der Waals surface area contributed by atoms with Gasteiger partial charge >= 0.3 is 0 Å². The van der Waals surface area contributed by atoms with Crippen molar-refractivity contribution in [1.29, 1.82) is 0 Å². The molecule has 3 aromatic heterocycles. The highest BCUT2D eigenvalue weighted by atomic mass is 35.5. The number of H-pyrrole nitrogens is 2. The van der Waals surface area contributed by atoms with Gasteiger partial charge in [0.2, 0.25) is 0 Å². The number of piperidine rings is 1. The zero-order chi connectivity index (χ0) is 22.6. The summed E-state index contributed by atoms with van der Waals surface area (Å²) in [5.74, 6) is 1.20. The van der Waals surface area contributed by atoms with E-state index < -0.39 is 5.56 Å². The lowest BCUT2D eigenvalue weighted by Gasteiger charge is -2.42. The first-order chi connectivity index (χ1) is 16.0. The number of rotatable bonds is 3. The Morgan fingerprint density at radius 2 is 2.03 bits per heavy atom. The summed E-state index contributed by atoms with van der Waals surface area (Å²) in [6.45, 7) is 1.73.